The number of nitrogens with two attached hydrogens (primary N) is 1. The fourth-order valence-corrected chi connectivity index (χ4v) is 1.48. The van der Waals surface area contributed by atoms with Crippen molar-refractivity contribution in [2.75, 3.05) is 0 Å². The van der Waals surface area contributed by atoms with Crippen LogP contribution < -0.4 is 5.73 Å². The van der Waals surface area contributed by atoms with Crippen molar-refractivity contribution in [3.63, 3.8) is 0 Å². The van der Waals surface area contributed by atoms with E-state index in [4.69, 9.17) is 5.73 Å². The zero-order valence-electron chi connectivity index (χ0n) is 9.74. The summed E-state index contributed by atoms with van der Waals surface area (Å²) in [6, 6.07) is 4.18. The average Bonchev–Trinajstić information content (AvgIpc) is 2.27. The SMILES string of the molecule is CC(CC(O)c1ccc(C(F)(F)F)cc1)C(N)=O. The van der Waals surface area contributed by atoms with Crippen LogP contribution in [0, 0.1) is 5.92 Å². The second-order valence-corrected chi connectivity index (χ2v) is 4.17. The zero-order chi connectivity index (χ0) is 13.9. The Bertz CT molecular complexity index is 414. The van der Waals surface area contributed by atoms with Gasteiger partial charge in [-0.15, -0.1) is 0 Å². The highest BCUT2D eigenvalue weighted by molar-refractivity contribution is 5.76. The Morgan fingerprint density at radius 3 is 2.22 bits per heavy atom. The third-order valence-electron chi connectivity index (χ3n) is 2.69. The number of aliphatic hydroxyl groups is 1. The van der Waals surface area contributed by atoms with E-state index in [9.17, 15) is 23.1 Å². The van der Waals surface area contributed by atoms with E-state index in [0.717, 1.165) is 12.1 Å². The fourth-order valence-electron chi connectivity index (χ4n) is 1.48. The van der Waals surface area contributed by atoms with Gasteiger partial charge in [0.15, 0.2) is 0 Å². The van der Waals surface area contributed by atoms with Crippen molar-refractivity contribution in [3.8, 4) is 0 Å². The minimum Gasteiger partial charge on any atom is -0.388 e. The smallest absolute Gasteiger partial charge is 0.388 e. The molecule has 2 atom stereocenters. The van der Waals surface area contributed by atoms with Gasteiger partial charge in [0.1, 0.15) is 0 Å². The number of amides is 1. The molecule has 0 saturated carbocycles. The summed E-state index contributed by atoms with van der Waals surface area (Å²) in [5.74, 6) is -1.09. The van der Waals surface area contributed by atoms with Crippen molar-refractivity contribution < 1.29 is 23.1 Å². The molecule has 18 heavy (non-hydrogen) atoms. The van der Waals surface area contributed by atoms with E-state index in [1.54, 1.807) is 6.92 Å². The maximum absolute atomic E-state index is 12.3. The molecular weight excluding hydrogens is 247 g/mol. The number of aliphatic hydroxyl groups excluding tert-OH is 1. The average molecular weight is 261 g/mol. The van der Waals surface area contributed by atoms with Crippen LogP contribution in [0.5, 0.6) is 0 Å². The number of rotatable bonds is 4. The van der Waals surface area contributed by atoms with Crippen LogP contribution in [0.3, 0.4) is 0 Å². The Labute approximate surface area is 102 Å². The summed E-state index contributed by atoms with van der Waals surface area (Å²) in [4.78, 5) is 10.8. The van der Waals surface area contributed by atoms with Gasteiger partial charge < -0.3 is 10.8 Å². The van der Waals surface area contributed by atoms with Gasteiger partial charge in [0.2, 0.25) is 5.91 Å². The number of alkyl halides is 3. The summed E-state index contributed by atoms with van der Waals surface area (Å²) in [5, 5.41) is 9.74. The third kappa shape index (κ3) is 3.73. The predicted molar refractivity (Wildman–Crippen MR) is 59.4 cm³/mol. The minimum atomic E-state index is -4.40. The quantitative estimate of drug-likeness (QED) is 0.873. The highest BCUT2D eigenvalue weighted by Crippen LogP contribution is 2.30. The Hall–Kier alpha value is -1.56. The van der Waals surface area contributed by atoms with Gasteiger partial charge in [0.25, 0.3) is 0 Å². The number of hydrogen-bond donors (Lipinski definition) is 2. The van der Waals surface area contributed by atoms with Gasteiger partial charge in [-0.2, -0.15) is 13.2 Å². The molecule has 0 heterocycles. The van der Waals surface area contributed by atoms with Crippen LogP contribution in [-0.4, -0.2) is 11.0 Å². The number of halogens is 3. The molecule has 0 spiro atoms. The molecule has 0 aliphatic heterocycles. The number of primary amides is 1. The van der Waals surface area contributed by atoms with E-state index in [1.165, 1.54) is 12.1 Å². The lowest BCUT2D eigenvalue weighted by atomic mass is 9.97. The first-order valence-corrected chi connectivity index (χ1v) is 5.36. The molecular formula is C12H14F3NO2. The first kappa shape index (κ1) is 14.5. The Morgan fingerprint density at radius 2 is 1.83 bits per heavy atom. The van der Waals surface area contributed by atoms with Crippen molar-refractivity contribution in [2.24, 2.45) is 11.7 Å². The molecule has 0 aliphatic rings. The third-order valence-corrected chi connectivity index (χ3v) is 2.69. The molecule has 1 rings (SSSR count). The minimum absolute atomic E-state index is 0.0840. The van der Waals surface area contributed by atoms with Crippen molar-refractivity contribution >= 4 is 5.91 Å². The zero-order valence-corrected chi connectivity index (χ0v) is 9.74. The van der Waals surface area contributed by atoms with Crippen LogP contribution in [0.25, 0.3) is 0 Å². The van der Waals surface area contributed by atoms with Gasteiger partial charge in [0.05, 0.1) is 11.7 Å². The maximum atomic E-state index is 12.3. The number of carbonyl (C=O) groups is 1. The van der Waals surface area contributed by atoms with Crippen molar-refractivity contribution in [1.29, 1.82) is 0 Å². The monoisotopic (exact) mass is 261 g/mol. The summed E-state index contributed by atoms with van der Waals surface area (Å²) in [5.41, 5.74) is 4.60. The highest BCUT2D eigenvalue weighted by Gasteiger charge is 2.30. The second-order valence-electron chi connectivity index (χ2n) is 4.17. The Balaban J connectivity index is 2.76. The molecule has 1 amide bonds. The van der Waals surface area contributed by atoms with Gasteiger partial charge in [-0.3, -0.25) is 4.79 Å². The van der Waals surface area contributed by atoms with Crippen molar-refractivity contribution in [1.82, 2.24) is 0 Å². The van der Waals surface area contributed by atoms with Gasteiger partial charge in [0, 0.05) is 5.92 Å². The standard InChI is InChI=1S/C12H14F3NO2/c1-7(11(16)18)6-10(17)8-2-4-9(5-3-8)12(13,14)15/h2-5,7,10,17H,6H2,1H3,(H2,16,18). The summed E-state index contributed by atoms with van der Waals surface area (Å²) < 4.78 is 36.9. The van der Waals surface area contributed by atoms with E-state index in [-0.39, 0.29) is 6.42 Å². The van der Waals surface area contributed by atoms with Crippen LogP contribution >= 0.6 is 0 Å². The predicted octanol–water partition coefficient (Wildman–Crippen LogP) is 2.25. The molecule has 0 bridgehead atoms. The van der Waals surface area contributed by atoms with Gasteiger partial charge in [-0.25, -0.2) is 0 Å². The summed E-state index contributed by atoms with van der Waals surface area (Å²) in [7, 11) is 0. The van der Waals surface area contributed by atoms with E-state index >= 15 is 0 Å². The van der Waals surface area contributed by atoms with E-state index in [2.05, 4.69) is 0 Å². The van der Waals surface area contributed by atoms with Gasteiger partial charge >= 0.3 is 6.18 Å². The van der Waals surface area contributed by atoms with Gasteiger partial charge in [-0.05, 0) is 24.1 Å². The number of hydrogen-bond acceptors (Lipinski definition) is 2. The van der Waals surface area contributed by atoms with Crippen LogP contribution in [-0.2, 0) is 11.0 Å². The van der Waals surface area contributed by atoms with Crippen LogP contribution in [0.1, 0.15) is 30.6 Å². The molecule has 0 aromatic heterocycles. The molecule has 2 unspecified atom stereocenters. The Morgan fingerprint density at radius 1 is 1.33 bits per heavy atom. The summed E-state index contributed by atoms with van der Waals surface area (Å²) in [6.45, 7) is 1.55. The Kier molecular flexibility index (Phi) is 4.34. The first-order valence-electron chi connectivity index (χ1n) is 5.36. The van der Waals surface area contributed by atoms with E-state index in [0.29, 0.717) is 5.56 Å². The molecule has 3 N–H and O–H groups in total. The van der Waals surface area contributed by atoms with Crippen LogP contribution in [0.15, 0.2) is 24.3 Å². The van der Waals surface area contributed by atoms with E-state index < -0.39 is 29.7 Å². The summed E-state index contributed by atoms with van der Waals surface area (Å²) in [6.07, 6.45) is -5.32. The number of benzene rings is 1. The molecule has 1 aromatic rings. The van der Waals surface area contributed by atoms with E-state index in [1.807, 2.05) is 0 Å². The highest BCUT2D eigenvalue weighted by atomic mass is 19.4. The maximum Gasteiger partial charge on any atom is 0.416 e. The number of carbonyl (C=O) groups excluding carboxylic acids is 1. The van der Waals surface area contributed by atoms with Crippen molar-refractivity contribution in [3.05, 3.63) is 35.4 Å². The molecule has 1 aromatic carbocycles. The van der Waals surface area contributed by atoms with Gasteiger partial charge in [-0.1, -0.05) is 19.1 Å². The molecule has 0 aliphatic carbocycles. The van der Waals surface area contributed by atoms with Crippen LogP contribution in [0.2, 0.25) is 0 Å². The normalized spacial score (nSPS) is 15.2. The lowest BCUT2D eigenvalue weighted by Crippen LogP contribution is -2.22. The summed E-state index contributed by atoms with van der Waals surface area (Å²) >= 11 is 0. The molecule has 0 radical (unpaired) electrons. The van der Waals surface area contributed by atoms with Crippen molar-refractivity contribution in [2.45, 2.75) is 25.6 Å². The lowest BCUT2D eigenvalue weighted by Gasteiger charge is -2.15. The largest absolute Gasteiger partial charge is 0.416 e. The molecule has 6 heteroatoms. The lowest BCUT2D eigenvalue weighted by molar-refractivity contribution is -0.137. The molecule has 100 valence electrons. The molecule has 3 nitrogen and oxygen atoms in total. The molecule has 0 saturated heterocycles. The fraction of sp³-hybridized carbons (Fsp3) is 0.417. The topological polar surface area (TPSA) is 63.3 Å². The van der Waals surface area contributed by atoms with Crippen LogP contribution in [0.4, 0.5) is 13.2 Å². The first-order chi connectivity index (χ1) is 8.21. The molecule has 0 fully saturated rings. The second kappa shape index (κ2) is 5.39.